The Morgan fingerprint density at radius 1 is 1.33 bits per heavy atom. The molecule has 2 aromatic rings. The lowest BCUT2D eigenvalue weighted by molar-refractivity contribution is 0.512. The molecule has 1 atom stereocenters. The Labute approximate surface area is 131 Å². The second-order valence-electron chi connectivity index (χ2n) is 6.22. The van der Waals surface area contributed by atoms with E-state index in [1.807, 2.05) is 6.07 Å². The molecule has 1 N–H and O–H groups in total. The van der Waals surface area contributed by atoms with E-state index in [2.05, 4.69) is 48.4 Å². The molecular weight excluding hydrogens is 280 g/mol. The van der Waals surface area contributed by atoms with E-state index in [0.717, 1.165) is 30.1 Å². The first kappa shape index (κ1) is 16.0. The highest BCUT2D eigenvalue weighted by Gasteiger charge is 2.20. The first-order chi connectivity index (χ1) is 10.0. The van der Waals surface area contributed by atoms with Crippen molar-refractivity contribution in [2.24, 2.45) is 0 Å². The Morgan fingerprint density at radius 2 is 2.14 bits per heavy atom. The highest BCUT2D eigenvalue weighted by Crippen LogP contribution is 2.26. The van der Waals surface area contributed by atoms with Gasteiger partial charge in [-0.25, -0.2) is 15.0 Å². The smallest absolute Gasteiger partial charge is 0.115 e. The van der Waals surface area contributed by atoms with E-state index in [-0.39, 0.29) is 11.5 Å². The molecule has 0 aliphatic rings. The summed E-state index contributed by atoms with van der Waals surface area (Å²) < 4.78 is 0. The summed E-state index contributed by atoms with van der Waals surface area (Å²) in [5.74, 6) is 0. The fourth-order valence-electron chi connectivity index (χ4n) is 2.03. The van der Waals surface area contributed by atoms with E-state index in [1.165, 1.54) is 5.69 Å². The maximum atomic E-state index is 4.79. The summed E-state index contributed by atoms with van der Waals surface area (Å²) in [4.78, 5) is 13.2. The molecule has 2 heterocycles. The van der Waals surface area contributed by atoms with E-state index in [4.69, 9.17) is 4.98 Å². The minimum absolute atomic E-state index is 0.107. The highest BCUT2D eigenvalue weighted by atomic mass is 32.1. The Bertz CT molecular complexity index is 545. The van der Waals surface area contributed by atoms with Crippen LogP contribution >= 0.6 is 11.3 Å². The normalized spacial score (nSPS) is 13.3. The number of hydrogen-bond donors (Lipinski definition) is 1. The van der Waals surface area contributed by atoms with Crippen LogP contribution in [-0.4, -0.2) is 21.5 Å². The third-order valence-corrected chi connectivity index (χ3v) is 4.17. The molecule has 5 heteroatoms. The van der Waals surface area contributed by atoms with Crippen LogP contribution in [-0.2, 0) is 11.8 Å². The van der Waals surface area contributed by atoms with Crippen molar-refractivity contribution in [2.45, 2.75) is 52.0 Å². The lowest BCUT2D eigenvalue weighted by Gasteiger charge is -2.17. The first-order valence-electron chi connectivity index (χ1n) is 7.45. The predicted molar refractivity (Wildman–Crippen MR) is 87.6 cm³/mol. The van der Waals surface area contributed by atoms with Gasteiger partial charge in [0, 0.05) is 23.4 Å². The summed E-state index contributed by atoms with van der Waals surface area (Å²) in [5.41, 5.74) is 2.31. The molecule has 0 saturated carbocycles. The Hall–Kier alpha value is -1.33. The molecule has 0 spiro atoms. The third-order valence-electron chi connectivity index (χ3n) is 3.30. The number of rotatable bonds is 6. The fraction of sp³-hybridized carbons (Fsp3) is 0.562. The van der Waals surface area contributed by atoms with Crippen molar-refractivity contribution in [3.8, 4) is 0 Å². The SMILES string of the molecule is CCCNC(Cc1nc(C(C)(C)C)cs1)c1ccncn1. The van der Waals surface area contributed by atoms with Crippen molar-refractivity contribution in [1.29, 1.82) is 0 Å². The molecule has 1 unspecified atom stereocenters. The van der Waals surface area contributed by atoms with Crippen LogP contribution in [0.1, 0.15) is 56.6 Å². The zero-order valence-corrected chi connectivity index (χ0v) is 14.1. The molecule has 21 heavy (non-hydrogen) atoms. The molecule has 0 radical (unpaired) electrons. The maximum absolute atomic E-state index is 4.79. The van der Waals surface area contributed by atoms with Gasteiger partial charge in [-0.2, -0.15) is 0 Å². The lowest BCUT2D eigenvalue weighted by atomic mass is 9.93. The second-order valence-corrected chi connectivity index (χ2v) is 7.16. The molecule has 0 saturated heterocycles. The monoisotopic (exact) mass is 304 g/mol. The van der Waals surface area contributed by atoms with Crippen molar-refractivity contribution in [3.63, 3.8) is 0 Å². The van der Waals surface area contributed by atoms with Crippen molar-refractivity contribution in [3.05, 3.63) is 40.4 Å². The van der Waals surface area contributed by atoms with Crippen LogP contribution in [0, 0.1) is 0 Å². The van der Waals surface area contributed by atoms with Crippen LogP contribution in [0.25, 0.3) is 0 Å². The van der Waals surface area contributed by atoms with Crippen LogP contribution in [0.3, 0.4) is 0 Å². The largest absolute Gasteiger partial charge is 0.308 e. The molecule has 0 bridgehead atoms. The number of hydrogen-bond acceptors (Lipinski definition) is 5. The number of aromatic nitrogens is 3. The molecule has 4 nitrogen and oxygen atoms in total. The van der Waals surface area contributed by atoms with Crippen molar-refractivity contribution in [2.75, 3.05) is 6.54 Å². The third kappa shape index (κ3) is 4.58. The van der Waals surface area contributed by atoms with Gasteiger partial charge in [0.1, 0.15) is 6.33 Å². The summed E-state index contributed by atoms with van der Waals surface area (Å²) in [6.07, 6.45) is 5.38. The average molecular weight is 304 g/mol. The summed E-state index contributed by atoms with van der Waals surface area (Å²) in [6.45, 7) is 9.74. The second kappa shape index (κ2) is 7.09. The minimum atomic E-state index is 0.107. The molecule has 2 aromatic heterocycles. The van der Waals surface area contributed by atoms with E-state index in [0.29, 0.717) is 0 Å². The van der Waals surface area contributed by atoms with Crippen LogP contribution in [0.4, 0.5) is 0 Å². The summed E-state index contributed by atoms with van der Waals surface area (Å²) >= 11 is 1.74. The van der Waals surface area contributed by atoms with E-state index >= 15 is 0 Å². The van der Waals surface area contributed by atoms with Gasteiger partial charge in [-0.05, 0) is 19.0 Å². The van der Waals surface area contributed by atoms with Crippen molar-refractivity contribution >= 4 is 11.3 Å². The summed E-state index contributed by atoms with van der Waals surface area (Å²) in [7, 11) is 0. The van der Waals surface area contributed by atoms with Gasteiger partial charge in [-0.15, -0.1) is 11.3 Å². The average Bonchev–Trinajstić information content (AvgIpc) is 2.93. The number of nitrogens with zero attached hydrogens (tertiary/aromatic N) is 3. The van der Waals surface area contributed by atoms with Crippen molar-refractivity contribution in [1.82, 2.24) is 20.3 Å². The highest BCUT2D eigenvalue weighted by molar-refractivity contribution is 7.09. The lowest BCUT2D eigenvalue weighted by Crippen LogP contribution is -2.25. The van der Waals surface area contributed by atoms with Crippen LogP contribution in [0.15, 0.2) is 24.0 Å². The van der Waals surface area contributed by atoms with Gasteiger partial charge < -0.3 is 5.32 Å². The summed E-state index contributed by atoms with van der Waals surface area (Å²) in [5, 5.41) is 6.89. The Kier molecular flexibility index (Phi) is 5.42. The van der Waals surface area contributed by atoms with E-state index < -0.39 is 0 Å². The van der Waals surface area contributed by atoms with Crippen LogP contribution < -0.4 is 5.32 Å². The molecule has 0 aliphatic carbocycles. The van der Waals surface area contributed by atoms with E-state index in [1.54, 1.807) is 23.9 Å². The molecule has 0 aliphatic heterocycles. The molecular formula is C16H24N4S. The standard InChI is InChI=1S/C16H24N4S/c1-5-7-18-13(12-6-8-17-11-19-12)9-15-20-14(10-21-15)16(2,3)4/h6,8,10-11,13,18H,5,7,9H2,1-4H3. The van der Waals surface area contributed by atoms with Crippen LogP contribution in [0.2, 0.25) is 0 Å². The van der Waals surface area contributed by atoms with Gasteiger partial charge in [-0.1, -0.05) is 27.7 Å². The maximum Gasteiger partial charge on any atom is 0.115 e. The summed E-state index contributed by atoms with van der Waals surface area (Å²) in [6, 6.07) is 2.18. The molecule has 2 rings (SSSR count). The molecule has 0 amide bonds. The van der Waals surface area contributed by atoms with Crippen LogP contribution in [0.5, 0.6) is 0 Å². The zero-order chi connectivity index (χ0) is 15.3. The zero-order valence-electron chi connectivity index (χ0n) is 13.3. The van der Waals surface area contributed by atoms with Gasteiger partial charge in [0.15, 0.2) is 0 Å². The van der Waals surface area contributed by atoms with Gasteiger partial charge in [0.05, 0.1) is 22.4 Å². The minimum Gasteiger partial charge on any atom is -0.308 e. The molecule has 114 valence electrons. The number of nitrogens with one attached hydrogen (secondary N) is 1. The van der Waals surface area contributed by atoms with Gasteiger partial charge >= 0.3 is 0 Å². The van der Waals surface area contributed by atoms with Gasteiger partial charge in [0.2, 0.25) is 0 Å². The molecule has 0 fully saturated rings. The Morgan fingerprint density at radius 3 is 2.71 bits per heavy atom. The predicted octanol–water partition coefficient (Wildman–Crippen LogP) is 3.51. The van der Waals surface area contributed by atoms with Gasteiger partial charge in [-0.3, -0.25) is 0 Å². The van der Waals surface area contributed by atoms with Gasteiger partial charge in [0.25, 0.3) is 0 Å². The Balaban J connectivity index is 2.13. The molecule has 0 aromatic carbocycles. The quantitative estimate of drug-likeness (QED) is 0.887. The first-order valence-corrected chi connectivity index (χ1v) is 8.33. The number of thiazole rings is 1. The van der Waals surface area contributed by atoms with Crippen molar-refractivity contribution < 1.29 is 0 Å². The van der Waals surface area contributed by atoms with E-state index in [9.17, 15) is 0 Å². The fourth-order valence-corrected chi connectivity index (χ4v) is 3.10. The topological polar surface area (TPSA) is 50.7 Å².